The molecular formula is C18H27FIN3O2S. The van der Waals surface area contributed by atoms with Crippen LogP contribution in [0.4, 0.5) is 4.39 Å². The minimum atomic E-state index is -2.92. The Kier molecular flexibility index (Phi) is 7.29. The van der Waals surface area contributed by atoms with Gasteiger partial charge in [-0.25, -0.2) is 12.8 Å². The number of guanidine groups is 1. The molecule has 1 heterocycles. The molecule has 3 rings (SSSR count). The fourth-order valence-corrected chi connectivity index (χ4v) is 5.65. The van der Waals surface area contributed by atoms with Gasteiger partial charge >= 0.3 is 0 Å². The molecule has 1 unspecified atom stereocenters. The lowest BCUT2D eigenvalue weighted by atomic mass is 9.79. The predicted octanol–water partition coefficient (Wildman–Crippen LogP) is 2.61. The van der Waals surface area contributed by atoms with Crippen molar-refractivity contribution < 1.29 is 12.8 Å². The summed E-state index contributed by atoms with van der Waals surface area (Å²) in [6.07, 6.45) is 5.05. The monoisotopic (exact) mass is 495 g/mol. The molecule has 0 amide bonds. The molecule has 0 bridgehead atoms. The van der Waals surface area contributed by atoms with Crippen LogP contribution in [0.15, 0.2) is 29.3 Å². The maximum absolute atomic E-state index is 13.3. The van der Waals surface area contributed by atoms with Gasteiger partial charge in [0, 0.05) is 25.0 Å². The van der Waals surface area contributed by atoms with Gasteiger partial charge in [0.25, 0.3) is 0 Å². The quantitative estimate of drug-likeness (QED) is 0.383. The summed E-state index contributed by atoms with van der Waals surface area (Å²) >= 11 is 0. The zero-order chi connectivity index (χ0) is 17.9. The van der Waals surface area contributed by atoms with E-state index in [9.17, 15) is 12.8 Å². The molecular weight excluding hydrogens is 468 g/mol. The van der Waals surface area contributed by atoms with E-state index < -0.39 is 9.84 Å². The van der Waals surface area contributed by atoms with Crippen molar-refractivity contribution in [3.63, 3.8) is 0 Å². The zero-order valence-electron chi connectivity index (χ0n) is 15.0. The van der Waals surface area contributed by atoms with Gasteiger partial charge in [-0.1, -0.05) is 25.0 Å². The largest absolute Gasteiger partial charge is 0.356 e. The molecule has 1 saturated heterocycles. The van der Waals surface area contributed by atoms with Gasteiger partial charge in [0.05, 0.1) is 11.5 Å². The first kappa shape index (κ1) is 21.4. The highest BCUT2D eigenvalue weighted by atomic mass is 127. The number of nitrogens with zero attached hydrogens (tertiary/aromatic N) is 1. The van der Waals surface area contributed by atoms with Crippen molar-refractivity contribution in [2.45, 2.75) is 43.6 Å². The lowest BCUT2D eigenvalue weighted by Gasteiger charge is -2.31. The molecule has 0 spiro atoms. The van der Waals surface area contributed by atoms with Gasteiger partial charge in [0.1, 0.15) is 5.82 Å². The molecule has 1 aromatic rings. The molecule has 0 radical (unpaired) electrons. The van der Waals surface area contributed by atoms with Gasteiger partial charge in [0.15, 0.2) is 15.8 Å². The Morgan fingerprint density at radius 2 is 1.92 bits per heavy atom. The normalized spacial score (nSPS) is 24.1. The third-order valence-electron chi connectivity index (χ3n) is 5.41. The van der Waals surface area contributed by atoms with Crippen LogP contribution < -0.4 is 10.6 Å². The van der Waals surface area contributed by atoms with Crippen molar-refractivity contribution in [2.24, 2.45) is 4.99 Å². The number of benzene rings is 1. The molecule has 0 aromatic heterocycles. The average molecular weight is 495 g/mol. The van der Waals surface area contributed by atoms with Crippen molar-refractivity contribution in [3.05, 3.63) is 35.6 Å². The third-order valence-corrected chi connectivity index (χ3v) is 7.18. The maximum Gasteiger partial charge on any atom is 0.191 e. The van der Waals surface area contributed by atoms with Crippen molar-refractivity contribution in [1.82, 2.24) is 10.6 Å². The molecule has 2 fully saturated rings. The minimum absolute atomic E-state index is 0. The van der Waals surface area contributed by atoms with Crippen molar-refractivity contribution >= 4 is 39.8 Å². The van der Waals surface area contributed by atoms with Crippen LogP contribution in [0, 0.1) is 5.82 Å². The molecule has 5 nitrogen and oxygen atoms in total. The molecule has 1 saturated carbocycles. The fourth-order valence-electron chi connectivity index (χ4n) is 3.97. The molecule has 146 valence electrons. The van der Waals surface area contributed by atoms with E-state index in [1.165, 1.54) is 12.1 Å². The number of nitrogens with one attached hydrogen (secondary N) is 2. The molecule has 26 heavy (non-hydrogen) atoms. The van der Waals surface area contributed by atoms with Crippen LogP contribution >= 0.6 is 24.0 Å². The fraction of sp³-hybridized carbons (Fsp3) is 0.611. The maximum atomic E-state index is 13.3. The highest BCUT2D eigenvalue weighted by Crippen LogP contribution is 2.40. The molecule has 2 N–H and O–H groups in total. The summed E-state index contributed by atoms with van der Waals surface area (Å²) in [5, 5.41) is 6.59. The van der Waals surface area contributed by atoms with Crippen LogP contribution in [0.2, 0.25) is 0 Å². The summed E-state index contributed by atoms with van der Waals surface area (Å²) in [6.45, 7) is 0.706. The van der Waals surface area contributed by atoms with Gasteiger partial charge < -0.3 is 10.6 Å². The molecule has 2 aliphatic rings. The van der Waals surface area contributed by atoms with E-state index in [-0.39, 0.29) is 52.8 Å². The van der Waals surface area contributed by atoms with Crippen molar-refractivity contribution in [1.29, 1.82) is 0 Å². The summed E-state index contributed by atoms with van der Waals surface area (Å²) in [6, 6.07) is 6.71. The van der Waals surface area contributed by atoms with Crippen LogP contribution in [-0.4, -0.2) is 45.5 Å². The minimum Gasteiger partial charge on any atom is -0.356 e. The van der Waals surface area contributed by atoms with Gasteiger partial charge in [-0.15, -0.1) is 24.0 Å². The van der Waals surface area contributed by atoms with Crippen LogP contribution in [0.5, 0.6) is 0 Å². The van der Waals surface area contributed by atoms with Crippen LogP contribution in [0.3, 0.4) is 0 Å². The van der Waals surface area contributed by atoms with Gasteiger partial charge in [-0.2, -0.15) is 0 Å². The van der Waals surface area contributed by atoms with Crippen LogP contribution in [0.1, 0.15) is 37.7 Å². The van der Waals surface area contributed by atoms with E-state index in [0.717, 1.165) is 31.2 Å². The van der Waals surface area contributed by atoms with Gasteiger partial charge in [-0.05, 0) is 37.0 Å². The number of halogens is 2. The molecule has 8 heteroatoms. The zero-order valence-corrected chi connectivity index (χ0v) is 18.1. The van der Waals surface area contributed by atoms with E-state index in [1.54, 1.807) is 7.05 Å². The van der Waals surface area contributed by atoms with E-state index in [0.29, 0.717) is 18.9 Å². The van der Waals surface area contributed by atoms with E-state index >= 15 is 0 Å². The van der Waals surface area contributed by atoms with Crippen molar-refractivity contribution in [3.8, 4) is 0 Å². The Balaban J connectivity index is 0.00000243. The molecule has 1 atom stereocenters. The summed E-state index contributed by atoms with van der Waals surface area (Å²) in [5.41, 5.74) is 1.13. The summed E-state index contributed by atoms with van der Waals surface area (Å²) in [7, 11) is -1.23. The first-order chi connectivity index (χ1) is 11.9. The molecule has 1 aliphatic carbocycles. The van der Waals surface area contributed by atoms with E-state index in [4.69, 9.17) is 0 Å². The summed E-state index contributed by atoms with van der Waals surface area (Å²) in [4.78, 5) is 4.24. The topological polar surface area (TPSA) is 70.6 Å². The van der Waals surface area contributed by atoms with Crippen LogP contribution in [-0.2, 0) is 15.3 Å². The number of sulfone groups is 1. The SMILES string of the molecule is CN=C(NCC1(c2ccc(F)cc2)CCCC1)NC1CCS(=O)(=O)C1.I. The van der Waals surface area contributed by atoms with E-state index in [1.807, 2.05) is 12.1 Å². The predicted molar refractivity (Wildman–Crippen MR) is 114 cm³/mol. The van der Waals surface area contributed by atoms with Crippen LogP contribution in [0.25, 0.3) is 0 Å². The second-order valence-corrected chi connectivity index (χ2v) is 9.39. The average Bonchev–Trinajstić information content (AvgIpc) is 3.19. The first-order valence-corrected chi connectivity index (χ1v) is 10.7. The Bertz CT molecular complexity index is 731. The number of hydrogen-bond donors (Lipinski definition) is 2. The van der Waals surface area contributed by atoms with Gasteiger partial charge in [0.2, 0.25) is 0 Å². The first-order valence-electron chi connectivity index (χ1n) is 8.86. The molecule has 1 aliphatic heterocycles. The number of aliphatic imine (C=N–C) groups is 1. The third kappa shape index (κ3) is 5.09. The Hall–Kier alpha value is -0.900. The number of hydrogen-bond acceptors (Lipinski definition) is 3. The van der Waals surface area contributed by atoms with E-state index in [2.05, 4.69) is 15.6 Å². The Morgan fingerprint density at radius 3 is 2.46 bits per heavy atom. The lowest BCUT2D eigenvalue weighted by Crippen LogP contribution is -2.48. The summed E-state index contributed by atoms with van der Waals surface area (Å²) < 4.78 is 36.5. The summed E-state index contributed by atoms with van der Waals surface area (Å²) in [5.74, 6) is 0.818. The smallest absolute Gasteiger partial charge is 0.191 e. The van der Waals surface area contributed by atoms with Crippen molar-refractivity contribution in [2.75, 3.05) is 25.1 Å². The second kappa shape index (κ2) is 8.86. The molecule has 1 aromatic carbocycles. The number of rotatable bonds is 4. The Morgan fingerprint density at radius 1 is 1.27 bits per heavy atom. The second-order valence-electron chi connectivity index (χ2n) is 7.16. The van der Waals surface area contributed by atoms with Gasteiger partial charge in [-0.3, -0.25) is 4.99 Å². The Labute approximate surface area is 172 Å². The highest BCUT2D eigenvalue weighted by Gasteiger charge is 2.36. The standard InChI is InChI=1S/C18H26FN3O2S.HI/c1-20-17(22-16-8-11-25(23,24)12-16)21-13-18(9-2-3-10-18)14-4-6-15(19)7-5-14;/h4-7,16H,2-3,8-13H2,1H3,(H2,20,21,22);1H. The lowest BCUT2D eigenvalue weighted by molar-refractivity contribution is 0.429. The highest BCUT2D eigenvalue weighted by molar-refractivity contribution is 14.0.